The van der Waals surface area contributed by atoms with Crippen molar-refractivity contribution in [3.05, 3.63) is 16.8 Å². The Balaban J connectivity index is 1.40. The van der Waals surface area contributed by atoms with Gasteiger partial charge in [-0.05, 0) is 44.0 Å². The summed E-state index contributed by atoms with van der Waals surface area (Å²) in [5.41, 5.74) is 0.468. The van der Waals surface area contributed by atoms with Crippen LogP contribution in [0.1, 0.15) is 53.9 Å². The summed E-state index contributed by atoms with van der Waals surface area (Å²) >= 11 is 1.13. The maximum Gasteiger partial charge on any atom is 0.225 e. The number of thiophene rings is 1. The van der Waals surface area contributed by atoms with E-state index in [4.69, 9.17) is 15.0 Å². The number of hydrogen-bond acceptors (Lipinski definition) is 7. The summed E-state index contributed by atoms with van der Waals surface area (Å²) < 4.78 is 45.1. The first-order chi connectivity index (χ1) is 14.8. The van der Waals surface area contributed by atoms with Crippen molar-refractivity contribution in [3.63, 3.8) is 0 Å². The van der Waals surface area contributed by atoms with Gasteiger partial charge >= 0.3 is 0 Å². The Hall–Kier alpha value is -1.28. The number of aliphatic hydroxyl groups is 1. The molecule has 2 fully saturated rings. The Morgan fingerprint density at radius 3 is 2.85 bits per heavy atom. The second kappa shape index (κ2) is 7.62. The standard InChI is InChI=1S/C20H27N3O3S/c24-11-13-1-6-16-17(13)18-19(21-12-22-20(18)27-16)26-15-4-2-14(3-5-15)23-7-9-25-10-8-23/h12-15,24H,1-11H2/t13-,14?,15?/m1/s1/i1D2,6D2. The van der Waals surface area contributed by atoms with Crippen LogP contribution in [0.15, 0.2) is 6.33 Å². The SMILES string of the molecule is [2H]C1([2H])c2sc3ncnc(OC4CCC(N5CCOCC5)CC4)c3c2[C@@H](CO)C1([2H])[2H]. The summed E-state index contributed by atoms with van der Waals surface area (Å²) in [6, 6.07) is 0.554. The zero-order chi connectivity index (χ0) is 21.8. The molecule has 5 rings (SSSR count). The fourth-order valence-corrected chi connectivity index (χ4v) is 5.49. The van der Waals surface area contributed by atoms with E-state index >= 15 is 0 Å². The summed E-state index contributed by atoms with van der Waals surface area (Å²) in [5, 5.41) is 10.5. The lowest BCUT2D eigenvalue weighted by Crippen LogP contribution is -2.46. The van der Waals surface area contributed by atoms with Crippen molar-refractivity contribution in [1.29, 1.82) is 0 Å². The molecule has 0 bridgehead atoms. The molecule has 3 heterocycles. The molecule has 146 valence electrons. The number of ether oxygens (including phenoxy) is 2. The third-order valence-corrected chi connectivity index (χ3v) is 6.89. The molecule has 1 aliphatic heterocycles. The molecular formula is C20H27N3O3S. The summed E-state index contributed by atoms with van der Waals surface area (Å²) in [5.74, 6) is -0.596. The van der Waals surface area contributed by atoms with Gasteiger partial charge in [0.15, 0.2) is 0 Å². The molecule has 0 unspecified atom stereocenters. The predicted octanol–water partition coefficient (Wildman–Crippen LogP) is 2.74. The van der Waals surface area contributed by atoms with E-state index in [1.165, 1.54) is 6.33 Å². The van der Waals surface area contributed by atoms with Crippen LogP contribution >= 0.6 is 11.3 Å². The molecule has 27 heavy (non-hydrogen) atoms. The van der Waals surface area contributed by atoms with E-state index in [9.17, 15) is 5.11 Å². The van der Waals surface area contributed by atoms with Crippen LogP contribution in [0.5, 0.6) is 5.88 Å². The minimum absolute atomic E-state index is 0.00782. The molecule has 1 atom stereocenters. The molecule has 2 aliphatic carbocycles. The van der Waals surface area contributed by atoms with E-state index < -0.39 is 25.3 Å². The van der Waals surface area contributed by atoms with E-state index in [2.05, 4.69) is 14.9 Å². The molecule has 1 saturated heterocycles. The van der Waals surface area contributed by atoms with E-state index in [1.807, 2.05) is 0 Å². The summed E-state index contributed by atoms with van der Waals surface area (Å²) in [6.45, 7) is 3.08. The minimum Gasteiger partial charge on any atom is -0.474 e. The van der Waals surface area contributed by atoms with Gasteiger partial charge in [-0.25, -0.2) is 9.97 Å². The molecule has 2 aromatic rings. The van der Waals surface area contributed by atoms with Crippen molar-refractivity contribution in [1.82, 2.24) is 14.9 Å². The van der Waals surface area contributed by atoms with Gasteiger partial charge < -0.3 is 14.6 Å². The van der Waals surface area contributed by atoms with Crippen LogP contribution in [0.25, 0.3) is 10.2 Å². The zero-order valence-corrected chi connectivity index (χ0v) is 16.0. The van der Waals surface area contributed by atoms with E-state index in [0.29, 0.717) is 27.7 Å². The second-order valence-electron chi connectivity index (χ2n) is 7.41. The van der Waals surface area contributed by atoms with Gasteiger partial charge in [-0.1, -0.05) is 0 Å². The normalized spacial score (nSPS) is 35.1. The molecule has 0 aromatic carbocycles. The summed E-state index contributed by atoms with van der Waals surface area (Å²) in [6.07, 6.45) is 0.926. The molecule has 0 spiro atoms. The van der Waals surface area contributed by atoms with Gasteiger partial charge in [-0.2, -0.15) is 0 Å². The van der Waals surface area contributed by atoms with Crippen LogP contribution in [0.4, 0.5) is 0 Å². The lowest BCUT2D eigenvalue weighted by Gasteiger charge is -2.38. The van der Waals surface area contributed by atoms with Crippen LogP contribution in [0.2, 0.25) is 0 Å². The highest BCUT2D eigenvalue weighted by molar-refractivity contribution is 7.19. The number of aliphatic hydroxyl groups excluding tert-OH is 1. The topological polar surface area (TPSA) is 67.7 Å². The van der Waals surface area contributed by atoms with Crippen molar-refractivity contribution in [2.75, 3.05) is 32.9 Å². The molecule has 2 aromatic heterocycles. The second-order valence-corrected chi connectivity index (χ2v) is 8.40. The van der Waals surface area contributed by atoms with Gasteiger partial charge in [-0.3, -0.25) is 4.90 Å². The van der Waals surface area contributed by atoms with Gasteiger partial charge in [0.05, 0.1) is 25.2 Å². The van der Waals surface area contributed by atoms with Gasteiger partial charge in [0.1, 0.15) is 17.3 Å². The van der Waals surface area contributed by atoms with Crippen LogP contribution < -0.4 is 4.74 Å². The minimum atomic E-state index is -2.21. The fourth-order valence-electron chi connectivity index (χ4n) is 4.43. The largest absolute Gasteiger partial charge is 0.474 e. The Morgan fingerprint density at radius 2 is 2.07 bits per heavy atom. The monoisotopic (exact) mass is 393 g/mol. The number of nitrogens with zero attached hydrogens (tertiary/aromatic N) is 3. The molecule has 0 amide bonds. The van der Waals surface area contributed by atoms with Crippen LogP contribution in [0, 0.1) is 0 Å². The highest BCUT2D eigenvalue weighted by Crippen LogP contribution is 2.46. The first-order valence-corrected chi connectivity index (χ1v) is 10.5. The molecule has 7 heteroatoms. The van der Waals surface area contributed by atoms with Crippen molar-refractivity contribution in [2.24, 2.45) is 0 Å². The number of morpholine rings is 1. The van der Waals surface area contributed by atoms with E-state index in [0.717, 1.165) is 63.3 Å². The van der Waals surface area contributed by atoms with Crippen LogP contribution in [0.3, 0.4) is 0 Å². The molecular weight excluding hydrogens is 362 g/mol. The van der Waals surface area contributed by atoms with Crippen molar-refractivity contribution in [2.45, 2.75) is 56.5 Å². The Bertz CT molecular complexity index is 959. The van der Waals surface area contributed by atoms with E-state index in [-0.39, 0.29) is 11.0 Å². The van der Waals surface area contributed by atoms with Crippen LogP contribution in [-0.2, 0) is 11.1 Å². The van der Waals surface area contributed by atoms with Gasteiger partial charge in [0.25, 0.3) is 0 Å². The average Bonchev–Trinajstić information content (AvgIpc) is 3.22. The third kappa shape index (κ3) is 3.35. The third-order valence-electron chi connectivity index (χ3n) is 5.87. The first-order valence-electron chi connectivity index (χ1n) is 11.7. The number of aryl methyl sites for hydroxylation is 1. The maximum atomic E-state index is 9.93. The quantitative estimate of drug-likeness (QED) is 0.862. The number of rotatable bonds is 4. The Morgan fingerprint density at radius 1 is 1.26 bits per heavy atom. The molecule has 3 aliphatic rings. The van der Waals surface area contributed by atoms with Gasteiger partial charge in [0, 0.05) is 35.4 Å². The summed E-state index contributed by atoms with van der Waals surface area (Å²) in [7, 11) is 0. The smallest absolute Gasteiger partial charge is 0.225 e. The molecule has 1 N–H and O–H groups in total. The number of aromatic nitrogens is 2. The zero-order valence-electron chi connectivity index (χ0n) is 19.2. The average molecular weight is 394 g/mol. The van der Waals surface area contributed by atoms with Gasteiger partial charge in [-0.15, -0.1) is 11.3 Å². The van der Waals surface area contributed by atoms with Crippen molar-refractivity contribution in [3.8, 4) is 5.88 Å². The van der Waals surface area contributed by atoms with Crippen molar-refractivity contribution < 1.29 is 20.1 Å². The first kappa shape index (κ1) is 13.8. The van der Waals surface area contributed by atoms with Crippen LogP contribution in [-0.4, -0.2) is 65.0 Å². The number of fused-ring (bicyclic) bond motifs is 3. The number of hydrogen-bond donors (Lipinski definition) is 1. The Labute approximate surface area is 169 Å². The molecule has 1 saturated carbocycles. The maximum absolute atomic E-state index is 9.93. The lowest BCUT2D eigenvalue weighted by molar-refractivity contribution is -0.00126. The highest BCUT2D eigenvalue weighted by atomic mass is 32.1. The van der Waals surface area contributed by atoms with Crippen molar-refractivity contribution >= 4 is 21.6 Å². The predicted molar refractivity (Wildman–Crippen MR) is 105 cm³/mol. The highest BCUT2D eigenvalue weighted by Gasteiger charge is 2.32. The molecule has 6 nitrogen and oxygen atoms in total. The van der Waals surface area contributed by atoms with E-state index in [1.54, 1.807) is 0 Å². The summed E-state index contributed by atoms with van der Waals surface area (Å²) in [4.78, 5) is 12.0. The molecule has 0 radical (unpaired) electrons. The Kier molecular flexibility index (Phi) is 3.90. The lowest BCUT2D eigenvalue weighted by atomic mass is 9.91. The fraction of sp³-hybridized carbons (Fsp3) is 0.700. The van der Waals surface area contributed by atoms with Gasteiger partial charge in [0.2, 0.25) is 5.88 Å².